The molecule has 9 heteroatoms. The van der Waals surface area contributed by atoms with E-state index in [1.54, 1.807) is 6.92 Å². The van der Waals surface area contributed by atoms with Crippen LogP contribution in [0.25, 0.3) is 0 Å². The third-order valence-corrected chi connectivity index (χ3v) is 4.87. The summed E-state index contributed by atoms with van der Waals surface area (Å²) < 4.78 is 32.3. The Morgan fingerprint density at radius 2 is 2.24 bits per heavy atom. The summed E-state index contributed by atoms with van der Waals surface area (Å²) in [4.78, 5) is 9.64. The van der Waals surface area contributed by atoms with Crippen molar-refractivity contribution in [2.45, 2.75) is 36.8 Å². The summed E-state index contributed by atoms with van der Waals surface area (Å²) in [6.07, 6.45) is 1.44. The number of nitro benzene ring substituents is 1. The fraction of sp³-hybridized carbons (Fsp3) is 0.500. The molecule has 116 valence electrons. The summed E-state index contributed by atoms with van der Waals surface area (Å²) in [5.74, 6) is -0.578. The standard InChI is InChI=1S/C12H16N2O6S/c1-8(12-3-2-6-20-12)13-21(18,19)9-4-5-11(15)10(7-9)14(16)17/h4-5,7-8,12-13,15H,2-3,6H2,1H3. The van der Waals surface area contributed by atoms with E-state index < -0.39 is 32.4 Å². The molecule has 0 bridgehead atoms. The average molecular weight is 316 g/mol. The van der Waals surface area contributed by atoms with Crippen LogP contribution in [0.5, 0.6) is 5.75 Å². The van der Waals surface area contributed by atoms with Crippen molar-refractivity contribution >= 4 is 15.7 Å². The molecule has 1 heterocycles. The van der Waals surface area contributed by atoms with Gasteiger partial charge in [0.05, 0.1) is 15.9 Å². The number of sulfonamides is 1. The SMILES string of the molecule is CC(NS(=O)(=O)c1ccc(O)c([N+](=O)[O-])c1)C1CCCO1. The zero-order valence-corrected chi connectivity index (χ0v) is 12.2. The van der Waals surface area contributed by atoms with Gasteiger partial charge < -0.3 is 9.84 Å². The van der Waals surface area contributed by atoms with E-state index in [0.717, 1.165) is 31.0 Å². The van der Waals surface area contributed by atoms with Gasteiger partial charge in [0.1, 0.15) is 0 Å². The second-order valence-corrected chi connectivity index (χ2v) is 6.58. The molecule has 1 aliphatic heterocycles. The van der Waals surface area contributed by atoms with Gasteiger partial charge in [-0.1, -0.05) is 0 Å². The second kappa shape index (κ2) is 5.96. The van der Waals surface area contributed by atoms with Crippen molar-refractivity contribution < 1.29 is 23.2 Å². The lowest BCUT2D eigenvalue weighted by Gasteiger charge is -2.19. The number of hydrogen-bond acceptors (Lipinski definition) is 6. The smallest absolute Gasteiger partial charge is 0.312 e. The molecule has 21 heavy (non-hydrogen) atoms. The molecule has 1 saturated heterocycles. The Morgan fingerprint density at radius 1 is 1.52 bits per heavy atom. The van der Waals surface area contributed by atoms with E-state index in [1.165, 1.54) is 0 Å². The van der Waals surface area contributed by atoms with Crippen LogP contribution in [0.2, 0.25) is 0 Å². The summed E-state index contributed by atoms with van der Waals surface area (Å²) in [6, 6.07) is 2.50. The normalized spacial score (nSPS) is 20.3. The van der Waals surface area contributed by atoms with Crippen LogP contribution in [0.1, 0.15) is 19.8 Å². The number of phenols is 1. The van der Waals surface area contributed by atoms with Crippen molar-refractivity contribution in [3.05, 3.63) is 28.3 Å². The number of benzene rings is 1. The highest BCUT2D eigenvalue weighted by molar-refractivity contribution is 7.89. The number of hydrogen-bond donors (Lipinski definition) is 2. The molecule has 8 nitrogen and oxygen atoms in total. The zero-order valence-electron chi connectivity index (χ0n) is 11.4. The van der Waals surface area contributed by atoms with Gasteiger partial charge in [-0.05, 0) is 31.9 Å². The summed E-state index contributed by atoms with van der Waals surface area (Å²) in [5.41, 5.74) is -0.650. The van der Waals surface area contributed by atoms with Crippen molar-refractivity contribution in [2.24, 2.45) is 0 Å². The topological polar surface area (TPSA) is 119 Å². The summed E-state index contributed by atoms with van der Waals surface area (Å²) in [6.45, 7) is 2.28. The van der Waals surface area contributed by atoms with Gasteiger partial charge in [-0.2, -0.15) is 0 Å². The number of nitrogens with zero attached hydrogens (tertiary/aromatic N) is 1. The fourth-order valence-electron chi connectivity index (χ4n) is 2.20. The third-order valence-electron chi connectivity index (χ3n) is 3.32. The lowest BCUT2D eigenvalue weighted by molar-refractivity contribution is -0.386. The second-order valence-electron chi connectivity index (χ2n) is 4.87. The van der Waals surface area contributed by atoms with Gasteiger partial charge in [0.2, 0.25) is 10.0 Å². The number of phenolic OH excluding ortho intramolecular Hbond substituents is 1. The van der Waals surface area contributed by atoms with Crippen LogP contribution >= 0.6 is 0 Å². The molecule has 0 aliphatic carbocycles. The number of nitrogens with one attached hydrogen (secondary N) is 1. The van der Waals surface area contributed by atoms with Gasteiger partial charge in [0, 0.05) is 18.7 Å². The molecule has 1 aliphatic rings. The molecule has 0 saturated carbocycles. The van der Waals surface area contributed by atoms with Crippen LogP contribution in [0.3, 0.4) is 0 Å². The molecule has 0 amide bonds. The molecule has 0 radical (unpaired) electrons. The first kappa shape index (κ1) is 15.7. The average Bonchev–Trinajstić information content (AvgIpc) is 2.92. The Labute approximate surface area is 121 Å². The molecular weight excluding hydrogens is 300 g/mol. The first-order chi connectivity index (χ1) is 9.81. The molecule has 2 N–H and O–H groups in total. The van der Waals surface area contributed by atoms with Crippen molar-refractivity contribution in [3.63, 3.8) is 0 Å². The molecule has 1 aromatic rings. The minimum absolute atomic E-state index is 0.202. The van der Waals surface area contributed by atoms with Gasteiger partial charge in [0.25, 0.3) is 0 Å². The van der Waals surface area contributed by atoms with E-state index in [1.807, 2.05) is 0 Å². The van der Waals surface area contributed by atoms with Crippen molar-refractivity contribution in [2.75, 3.05) is 6.61 Å². The Balaban J connectivity index is 2.23. The van der Waals surface area contributed by atoms with Gasteiger partial charge in [-0.3, -0.25) is 10.1 Å². The fourth-order valence-corrected chi connectivity index (χ4v) is 3.49. The van der Waals surface area contributed by atoms with Gasteiger partial charge in [-0.25, -0.2) is 13.1 Å². The molecule has 2 atom stereocenters. The summed E-state index contributed by atoms with van der Waals surface area (Å²) >= 11 is 0. The van der Waals surface area contributed by atoms with Crippen LogP contribution in [0.15, 0.2) is 23.1 Å². The summed E-state index contributed by atoms with van der Waals surface area (Å²) in [5, 5.41) is 20.1. The van der Waals surface area contributed by atoms with E-state index >= 15 is 0 Å². The van der Waals surface area contributed by atoms with Crippen LogP contribution in [0, 0.1) is 10.1 Å². The number of rotatable bonds is 5. The number of ether oxygens (including phenoxy) is 1. The van der Waals surface area contributed by atoms with Crippen LogP contribution in [-0.2, 0) is 14.8 Å². The van der Waals surface area contributed by atoms with Crippen LogP contribution in [-0.4, -0.2) is 37.2 Å². The first-order valence-corrected chi connectivity index (χ1v) is 7.91. The quantitative estimate of drug-likeness (QED) is 0.621. The Kier molecular flexibility index (Phi) is 4.45. The van der Waals surface area contributed by atoms with Gasteiger partial charge in [0.15, 0.2) is 5.75 Å². The van der Waals surface area contributed by atoms with Crippen molar-refractivity contribution in [3.8, 4) is 5.75 Å². The minimum atomic E-state index is -3.92. The van der Waals surface area contributed by atoms with Gasteiger partial charge in [-0.15, -0.1) is 0 Å². The molecular formula is C12H16N2O6S. The molecule has 0 spiro atoms. The minimum Gasteiger partial charge on any atom is -0.502 e. The first-order valence-electron chi connectivity index (χ1n) is 6.42. The highest BCUT2D eigenvalue weighted by Gasteiger charge is 2.28. The van der Waals surface area contributed by atoms with Gasteiger partial charge >= 0.3 is 5.69 Å². The van der Waals surface area contributed by atoms with E-state index in [-0.39, 0.29) is 11.0 Å². The number of nitro groups is 1. The highest BCUT2D eigenvalue weighted by Crippen LogP contribution is 2.28. The Morgan fingerprint density at radius 3 is 2.81 bits per heavy atom. The largest absolute Gasteiger partial charge is 0.502 e. The predicted molar refractivity (Wildman–Crippen MR) is 73.5 cm³/mol. The van der Waals surface area contributed by atoms with E-state index in [0.29, 0.717) is 6.61 Å². The molecule has 0 aromatic heterocycles. The third kappa shape index (κ3) is 3.49. The Bertz CT molecular complexity index is 639. The molecule has 2 unspecified atom stereocenters. The zero-order chi connectivity index (χ0) is 15.6. The van der Waals surface area contributed by atoms with Crippen molar-refractivity contribution in [1.29, 1.82) is 0 Å². The van der Waals surface area contributed by atoms with E-state index in [2.05, 4.69) is 4.72 Å². The van der Waals surface area contributed by atoms with Crippen molar-refractivity contribution in [1.82, 2.24) is 4.72 Å². The summed E-state index contributed by atoms with van der Waals surface area (Å²) in [7, 11) is -3.92. The van der Waals surface area contributed by atoms with Crippen LogP contribution in [0.4, 0.5) is 5.69 Å². The molecule has 2 rings (SSSR count). The molecule has 1 fully saturated rings. The van der Waals surface area contributed by atoms with E-state index in [4.69, 9.17) is 4.74 Å². The van der Waals surface area contributed by atoms with Crippen LogP contribution < -0.4 is 4.72 Å². The monoisotopic (exact) mass is 316 g/mol. The Hall–Kier alpha value is -1.71. The number of aromatic hydroxyl groups is 1. The predicted octanol–water partition coefficient (Wildman–Crippen LogP) is 1.15. The molecule has 1 aromatic carbocycles. The van der Waals surface area contributed by atoms with E-state index in [9.17, 15) is 23.6 Å². The maximum absolute atomic E-state index is 12.2. The lowest BCUT2D eigenvalue weighted by Crippen LogP contribution is -2.40. The highest BCUT2D eigenvalue weighted by atomic mass is 32.2. The maximum atomic E-state index is 12.2. The maximum Gasteiger partial charge on any atom is 0.312 e. The lowest BCUT2D eigenvalue weighted by atomic mass is 10.1.